The summed E-state index contributed by atoms with van der Waals surface area (Å²) in [5, 5.41) is 12.3. The summed E-state index contributed by atoms with van der Waals surface area (Å²) in [6, 6.07) is 16.2. The molecule has 1 heterocycles. The molecule has 0 bridgehead atoms. The number of rotatable bonds is 4. The number of pyridine rings is 1. The lowest BCUT2D eigenvalue weighted by molar-refractivity contribution is -0.332. The van der Waals surface area contributed by atoms with E-state index >= 15 is 0 Å². The average molecular weight is 305 g/mol. The Morgan fingerprint density at radius 1 is 1.09 bits per heavy atom. The van der Waals surface area contributed by atoms with Crippen LogP contribution >= 0.6 is 0 Å². The lowest BCUT2D eigenvalue weighted by Crippen LogP contribution is -2.26. The van der Waals surface area contributed by atoms with Crippen LogP contribution in [0.2, 0.25) is 0 Å². The maximum atomic E-state index is 11.2. The molecule has 0 spiro atoms. The maximum Gasteiger partial charge on any atom is 0.215 e. The van der Waals surface area contributed by atoms with Crippen molar-refractivity contribution in [2.45, 2.75) is 26.7 Å². The third kappa shape index (κ3) is 2.95. The van der Waals surface area contributed by atoms with Gasteiger partial charge in [-0.1, -0.05) is 31.2 Å². The highest BCUT2D eigenvalue weighted by Crippen LogP contribution is 2.27. The molecule has 0 aliphatic carbocycles. The van der Waals surface area contributed by atoms with Crippen LogP contribution in [-0.2, 0) is 17.6 Å². The molecule has 0 aliphatic rings. The molecular weight excluding hydrogens is 286 g/mol. The van der Waals surface area contributed by atoms with Gasteiger partial charge in [0.2, 0.25) is 11.2 Å². The van der Waals surface area contributed by atoms with E-state index in [1.807, 2.05) is 43.3 Å². The molecule has 3 heteroatoms. The molecule has 0 fully saturated rings. The first kappa shape index (κ1) is 15.2. The van der Waals surface area contributed by atoms with E-state index in [0.29, 0.717) is 0 Å². The number of para-hydroxylation sites is 1. The van der Waals surface area contributed by atoms with Gasteiger partial charge in [0.15, 0.2) is 0 Å². The lowest BCUT2D eigenvalue weighted by atomic mass is 9.95. The molecule has 0 radical (unpaired) electrons. The Kier molecular flexibility index (Phi) is 4.11. The second kappa shape index (κ2) is 6.21. The van der Waals surface area contributed by atoms with Crippen molar-refractivity contribution >= 4 is 16.9 Å². The zero-order chi connectivity index (χ0) is 16.4. The zero-order valence-corrected chi connectivity index (χ0v) is 13.3. The van der Waals surface area contributed by atoms with Crippen LogP contribution in [0.1, 0.15) is 23.6 Å². The van der Waals surface area contributed by atoms with Gasteiger partial charge in [-0.2, -0.15) is 0 Å². The van der Waals surface area contributed by atoms with Gasteiger partial charge in [-0.15, -0.1) is 0 Å². The normalized spacial score (nSPS) is 10.9. The summed E-state index contributed by atoms with van der Waals surface area (Å²) < 4.78 is 0. The second-order valence-corrected chi connectivity index (χ2v) is 5.75. The van der Waals surface area contributed by atoms with Crippen molar-refractivity contribution < 1.29 is 14.9 Å². The van der Waals surface area contributed by atoms with Crippen LogP contribution in [-0.4, -0.2) is 5.97 Å². The van der Waals surface area contributed by atoms with Crippen molar-refractivity contribution in [3.05, 3.63) is 65.2 Å². The van der Waals surface area contributed by atoms with Crippen LogP contribution in [0.4, 0.5) is 0 Å². The number of fused-ring (bicyclic) bond motifs is 1. The van der Waals surface area contributed by atoms with Crippen molar-refractivity contribution in [1.29, 1.82) is 0 Å². The van der Waals surface area contributed by atoms with Gasteiger partial charge in [0.1, 0.15) is 0 Å². The summed E-state index contributed by atoms with van der Waals surface area (Å²) >= 11 is 0. The highest BCUT2D eigenvalue weighted by atomic mass is 16.4. The number of aromatic nitrogens is 1. The Hall–Kier alpha value is -2.68. The molecule has 23 heavy (non-hydrogen) atoms. The first-order chi connectivity index (χ1) is 11.1. The van der Waals surface area contributed by atoms with Crippen molar-refractivity contribution in [1.82, 2.24) is 0 Å². The summed E-state index contributed by atoms with van der Waals surface area (Å²) in [6.45, 7) is 4.08. The van der Waals surface area contributed by atoms with Gasteiger partial charge < -0.3 is 9.90 Å². The van der Waals surface area contributed by atoms with E-state index in [2.05, 4.69) is 24.0 Å². The smallest absolute Gasteiger partial charge is 0.215 e. The average Bonchev–Trinajstić information content (AvgIpc) is 2.57. The SMILES string of the molecule is CCc1ccc(-c2[nH+]c3ccccc3c(C)c2CC(=O)[O-])cc1. The number of carbonyl (C=O) groups excluding carboxylic acids is 1. The highest BCUT2D eigenvalue weighted by molar-refractivity contribution is 5.85. The Morgan fingerprint density at radius 2 is 1.78 bits per heavy atom. The van der Waals surface area contributed by atoms with Crippen molar-refractivity contribution in [3.8, 4) is 11.3 Å². The Bertz CT molecular complexity index is 867. The van der Waals surface area contributed by atoms with E-state index in [9.17, 15) is 9.90 Å². The van der Waals surface area contributed by atoms with E-state index < -0.39 is 5.97 Å². The molecule has 0 saturated carbocycles. The minimum atomic E-state index is -1.07. The number of carbonyl (C=O) groups is 1. The molecule has 1 aromatic heterocycles. The van der Waals surface area contributed by atoms with Crippen LogP contribution in [0.15, 0.2) is 48.5 Å². The minimum absolute atomic E-state index is 0.0992. The molecule has 0 saturated heterocycles. The van der Waals surface area contributed by atoms with Gasteiger partial charge in [-0.05, 0) is 42.7 Å². The fourth-order valence-electron chi connectivity index (χ4n) is 3.00. The largest absolute Gasteiger partial charge is 0.550 e. The first-order valence-corrected chi connectivity index (χ1v) is 7.82. The number of aliphatic carboxylic acids is 1. The van der Waals surface area contributed by atoms with E-state index in [4.69, 9.17) is 0 Å². The zero-order valence-electron chi connectivity index (χ0n) is 13.3. The molecular formula is C20H19NO2. The van der Waals surface area contributed by atoms with Gasteiger partial charge in [-0.3, -0.25) is 0 Å². The number of carboxylic acid groups (broad SMARTS) is 1. The molecule has 0 amide bonds. The Balaban J connectivity index is 2.25. The van der Waals surface area contributed by atoms with Gasteiger partial charge in [0.25, 0.3) is 0 Å². The van der Waals surface area contributed by atoms with Crippen LogP contribution in [0.3, 0.4) is 0 Å². The van der Waals surface area contributed by atoms with Gasteiger partial charge in [-0.25, -0.2) is 4.98 Å². The van der Waals surface area contributed by atoms with Gasteiger partial charge in [0, 0.05) is 35.0 Å². The van der Waals surface area contributed by atoms with E-state index in [1.54, 1.807) is 0 Å². The molecule has 3 aromatic rings. The molecule has 0 aliphatic heterocycles. The monoisotopic (exact) mass is 305 g/mol. The van der Waals surface area contributed by atoms with Gasteiger partial charge >= 0.3 is 0 Å². The molecule has 1 N–H and O–H groups in total. The summed E-state index contributed by atoms with van der Waals surface area (Å²) in [7, 11) is 0. The Labute approximate surface area is 135 Å². The molecule has 116 valence electrons. The van der Waals surface area contributed by atoms with E-state index in [-0.39, 0.29) is 6.42 Å². The first-order valence-electron chi connectivity index (χ1n) is 7.82. The number of hydrogen-bond donors (Lipinski definition) is 0. The molecule has 0 atom stereocenters. The number of carboxylic acids is 1. The number of benzene rings is 2. The molecule has 3 rings (SSSR count). The van der Waals surface area contributed by atoms with Crippen molar-refractivity contribution in [3.63, 3.8) is 0 Å². The third-order valence-electron chi connectivity index (χ3n) is 4.32. The standard InChI is InChI=1S/C20H19NO2/c1-3-14-8-10-15(11-9-14)20-17(12-19(22)23)13(2)16-6-4-5-7-18(16)21-20/h4-11H,3,12H2,1-2H3,(H,22,23). The van der Waals surface area contributed by atoms with E-state index in [0.717, 1.165) is 39.7 Å². The number of aryl methyl sites for hydroxylation is 2. The summed E-state index contributed by atoms with van der Waals surface area (Å²) in [4.78, 5) is 14.6. The number of hydrogen-bond acceptors (Lipinski definition) is 2. The lowest BCUT2D eigenvalue weighted by Gasteiger charge is -2.11. The third-order valence-corrected chi connectivity index (χ3v) is 4.32. The predicted octanol–water partition coefficient (Wildman–Crippen LogP) is 2.48. The quantitative estimate of drug-likeness (QED) is 0.743. The molecule has 3 nitrogen and oxygen atoms in total. The number of aromatic amines is 1. The summed E-state index contributed by atoms with van der Waals surface area (Å²) in [5.74, 6) is -1.07. The fraction of sp³-hybridized carbons (Fsp3) is 0.200. The molecule has 0 unspecified atom stereocenters. The number of nitrogens with one attached hydrogen (secondary N) is 1. The highest BCUT2D eigenvalue weighted by Gasteiger charge is 2.19. The predicted molar refractivity (Wildman–Crippen MR) is 88.8 cm³/mol. The van der Waals surface area contributed by atoms with Gasteiger partial charge in [0.05, 0.1) is 0 Å². The topological polar surface area (TPSA) is 54.3 Å². The summed E-state index contributed by atoms with van der Waals surface area (Å²) in [6.07, 6.45) is 0.880. The van der Waals surface area contributed by atoms with Crippen LogP contribution < -0.4 is 10.1 Å². The minimum Gasteiger partial charge on any atom is -0.550 e. The second-order valence-electron chi connectivity index (χ2n) is 5.75. The van der Waals surface area contributed by atoms with Crippen LogP contribution in [0.5, 0.6) is 0 Å². The van der Waals surface area contributed by atoms with Crippen molar-refractivity contribution in [2.24, 2.45) is 0 Å². The van der Waals surface area contributed by atoms with Crippen molar-refractivity contribution in [2.75, 3.05) is 0 Å². The van der Waals surface area contributed by atoms with Crippen LogP contribution in [0.25, 0.3) is 22.2 Å². The maximum absolute atomic E-state index is 11.2. The summed E-state index contributed by atoms with van der Waals surface area (Å²) in [5.41, 5.74) is 5.88. The van der Waals surface area contributed by atoms with E-state index in [1.165, 1.54) is 5.56 Å². The molecule has 2 aromatic carbocycles. The van der Waals surface area contributed by atoms with Crippen LogP contribution in [0, 0.1) is 6.92 Å². The Morgan fingerprint density at radius 3 is 2.43 bits per heavy atom. The number of H-pyrrole nitrogens is 1. The fourth-order valence-corrected chi connectivity index (χ4v) is 3.00.